The molecule has 106 valence electrons. The summed E-state index contributed by atoms with van der Waals surface area (Å²) < 4.78 is 5.07. The molecule has 0 heterocycles. The zero-order chi connectivity index (χ0) is 15.1. The van der Waals surface area contributed by atoms with E-state index in [-0.39, 0.29) is 5.57 Å². The topological polar surface area (TPSA) is 50.1 Å². The molecule has 0 saturated heterocycles. The molecule has 0 aliphatic rings. The van der Waals surface area contributed by atoms with Crippen LogP contribution in [0.5, 0.6) is 0 Å². The average molecular weight is 279 g/mol. The Hall–Kier alpha value is -2.60. The van der Waals surface area contributed by atoms with Crippen molar-refractivity contribution in [2.45, 2.75) is 19.8 Å². The molecule has 0 radical (unpaired) electrons. The molecule has 0 N–H and O–H groups in total. The van der Waals surface area contributed by atoms with Crippen LogP contribution in [-0.4, -0.2) is 12.6 Å². The Balaban J connectivity index is 2.21. The van der Waals surface area contributed by atoms with E-state index >= 15 is 0 Å². The first-order chi connectivity index (χ1) is 10.2. The van der Waals surface area contributed by atoms with E-state index in [0.29, 0.717) is 6.61 Å². The van der Waals surface area contributed by atoms with Crippen molar-refractivity contribution in [1.82, 2.24) is 0 Å². The molecule has 21 heavy (non-hydrogen) atoms. The zero-order valence-electron chi connectivity index (χ0n) is 12.0. The fourth-order valence-corrected chi connectivity index (χ4v) is 1.99. The van der Waals surface area contributed by atoms with Crippen LogP contribution in [0.3, 0.4) is 0 Å². The van der Waals surface area contributed by atoms with Gasteiger partial charge in [-0.05, 0) is 34.9 Å². The van der Waals surface area contributed by atoms with Crippen LogP contribution in [0.1, 0.15) is 25.3 Å². The van der Waals surface area contributed by atoms with Crippen LogP contribution in [0.4, 0.5) is 0 Å². The summed E-state index contributed by atoms with van der Waals surface area (Å²) in [4.78, 5) is 11.8. The van der Waals surface area contributed by atoms with Crippen LogP contribution in [0.25, 0.3) is 16.8 Å². The second-order valence-corrected chi connectivity index (χ2v) is 4.77. The second kappa shape index (κ2) is 7.25. The van der Waals surface area contributed by atoms with Crippen LogP contribution in [0.15, 0.2) is 48.0 Å². The third-order valence-corrected chi connectivity index (χ3v) is 3.16. The lowest BCUT2D eigenvalue weighted by Crippen LogP contribution is -2.07. The number of hydrogen-bond acceptors (Lipinski definition) is 3. The first-order valence-corrected chi connectivity index (χ1v) is 7.02. The SMILES string of the molecule is CCCCOC(=O)/C(C#N)=C/c1ccc2ccccc2c1. The molecule has 0 spiro atoms. The van der Waals surface area contributed by atoms with Crippen molar-refractivity contribution in [1.29, 1.82) is 5.26 Å². The van der Waals surface area contributed by atoms with Crippen molar-refractivity contribution < 1.29 is 9.53 Å². The van der Waals surface area contributed by atoms with Gasteiger partial charge in [-0.15, -0.1) is 0 Å². The fraction of sp³-hybridized carbons (Fsp3) is 0.222. The molecular formula is C18H17NO2. The Bertz CT molecular complexity index is 710. The minimum absolute atomic E-state index is 0.0291. The molecule has 0 saturated carbocycles. The Morgan fingerprint density at radius 2 is 2.00 bits per heavy atom. The van der Waals surface area contributed by atoms with Gasteiger partial charge < -0.3 is 4.74 Å². The summed E-state index contributed by atoms with van der Waals surface area (Å²) in [5.74, 6) is -0.556. The van der Waals surface area contributed by atoms with Crippen molar-refractivity contribution in [2.75, 3.05) is 6.61 Å². The van der Waals surface area contributed by atoms with E-state index in [1.54, 1.807) is 6.08 Å². The molecule has 2 aromatic carbocycles. The van der Waals surface area contributed by atoms with Crippen LogP contribution in [0, 0.1) is 11.3 Å². The number of nitriles is 1. The molecule has 3 nitrogen and oxygen atoms in total. The van der Waals surface area contributed by atoms with Crippen LogP contribution in [0.2, 0.25) is 0 Å². The van der Waals surface area contributed by atoms with Crippen LogP contribution < -0.4 is 0 Å². The summed E-state index contributed by atoms with van der Waals surface area (Å²) in [7, 11) is 0. The first-order valence-electron chi connectivity index (χ1n) is 7.02. The largest absolute Gasteiger partial charge is 0.462 e. The fourth-order valence-electron chi connectivity index (χ4n) is 1.99. The Morgan fingerprint density at radius 3 is 2.71 bits per heavy atom. The highest BCUT2D eigenvalue weighted by Gasteiger charge is 2.10. The van der Waals surface area contributed by atoms with Gasteiger partial charge in [-0.3, -0.25) is 0 Å². The molecule has 0 aliphatic heterocycles. The predicted octanol–water partition coefficient (Wildman–Crippen LogP) is 4.09. The Kier molecular flexibility index (Phi) is 5.11. The highest BCUT2D eigenvalue weighted by atomic mass is 16.5. The van der Waals surface area contributed by atoms with Crippen LogP contribution in [-0.2, 0) is 9.53 Å². The number of unbranched alkanes of at least 4 members (excludes halogenated alkanes) is 1. The minimum Gasteiger partial charge on any atom is -0.462 e. The normalized spacial score (nSPS) is 11.1. The third-order valence-electron chi connectivity index (χ3n) is 3.16. The number of esters is 1. The first kappa shape index (κ1) is 14.8. The van der Waals surface area contributed by atoms with Gasteiger partial charge in [0.15, 0.2) is 0 Å². The third kappa shape index (κ3) is 3.93. The molecule has 0 atom stereocenters. The molecule has 3 heteroatoms. The molecule has 0 aromatic heterocycles. The number of fused-ring (bicyclic) bond motifs is 1. The van der Waals surface area contributed by atoms with Crippen molar-refractivity contribution in [2.24, 2.45) is 0 Å². The summed E-state index contributed by atoms with van der Waals surface area (Å²) in [6.07, 6.45) is 3.32. The van der Waals surface area contributed by atoms with Gasteiger partial charge in [-0.1, -0.05) is 49.7 Å². The van der Waals surface area contributed by atoms with E-state index < -0.39 is 5.97 Å². The average Bonchev–Trinajstić information content (AvgIpc) is 2.52. The summed E-state index contributed by atoms with van der Waals surface area (Å²) in [6.45, 7) is 2.37. The molecule has 0 bridgehead atoms. The molecule has 2 aromatic rings. The zero-order valence-corrected chi connectivity index (χ0v) is 12.0. The molecular weight excluding hydrogens is 262 g/mol. The predicted molar refractivity (Wildman–Crippen MR) is 83.4 cm³/mol. The summed E-state index contributed by atoms with van der Waals surface area (Å²) in [5, 5.41) is 11.3. The highest BCUT2D eigenvalue weighted by Crippen LogP contribution is 2.17. The van der Waals surface area contributed by atoms with Gasteiger partial charge in [-0.25, -0.2) is 4.79 Å². The number of rotatable bonds is 5. The van der Waals surface area contributed by atoms with E-state index in [1.807, 2.05) is 55.5 Å². The highest BCUT2D eigenvalue weighted by molar-refractivity contribution is 5.98. The molecule has 0 unspecified atom stereocenters. The van der Waals surface area contributed by atoms with Crippen molar-refractivity contribution in [3.05, 3.63) is 53.6 Å². The van der Waals surface area contributed by atoms with Gasteiger partial charge in [-0.2, -0.15) is 5.26 Å². The number of carbonyl (C=O) groups excluding carboxylic acids is 1. The van der Waals surface area contributed by atoms with E-state index in [2.05, 4.69) is 0 Å². The molecule has 0 fully saturated rings. The van der Waals surface area contributed by atoms with Gasteiger partial charge in [0, 0.05) is 0 Å². The minimum atomic E-state index is -0.556. The van der Waals surface area contributed by atoms with E-state index in [4.69, 9.17) is 10.00 Å². The van der Waals surface area contributed by atoms with E-state index in [0.717, 1.165) is 29.2 Å². The molecule has 0 aliphatic carbocycles. The van der Waals surface area contributed by atoms with E-state index in [1.165, 1.54) is 0 Å². The number of nitrogens with zero attached hydrogens (tertiary/aromatic N) is 1. The summed E-state index contributed by atoms with van der Waals surface area (Å²) in [6, 6.07) is 15.7. The second-order valence-electron chi connectivity index (χ2n) is 4.77. The molecule has 2 rings (SSSR count). The van der Waals surface area contributed by atoms with Gasteiger partial charge >= 0.3 is 5.97 Å². The van der Waals surface area contributed by atoms with Crippen molar-refractivity contribution >= 4 is 22.8 Å². The van der Waals surface area contributed by atoms with Crippen molar-refractivity contribution in [3.63, 3.8) is 0 Å². The number of hydrogen-bond donors (Lipinski definition) is 0. The lowest BCUT2D eigenvalue weighted by molar-refractivity contribution is -0.138. The number of carbonyl (C=O) groups is 1. The van der Waals surface area contributed by atoms with Gasteiger partial charge in [0.25, 0.3) is 0 Å². The Labute approximate surface area is 124 Å². The summed E-state index contributed by atoms with van der Waals surface area (Å²) in [5.41, 5.74) is 0.846. The van der Waals surface area contributed by atoms with Gasteiger partial charge in [0.05, 0.1) is 6.61 Å². The smallest absolute Gasteiger partial charge is 0.348 e. The van der Waals surface area contributed by atoms with Crippen molar-refractivity contribution in [3.8, 4) is 6.07 Å². The number of ether oxygens (including phenoxy) is 1. The maximum Gasteiger partial charge on any atom is 0.348 e. The van der Waals surface area contributed by atoms with Crippen LogP contribution >= 0.6 is 0 Å². The standard InChI is InChI=1S/C18H17NO2/c1-2-3-10-21-18(20)17(13-19)12-14-8-9-15-6-4-5-7-16(15)11-14/h4-9,11-12H,2-3,10H2,1H3/b17-12+. The summed E-state index contributed by atoms with van der Waals surface area (Å²) >= 11 is 0. The lowest BCUT2D eigenvalue weighted by Gasteiger charge is -2.03. The van der Waals surface area contributed by atoms with Gasteiger partial charge in [0.2, 0.25) is 0 Å². The molecule has 0 amide bonds. The van der Waals surface area contributed by atoms with Gasteiger partial charge in [0.1, 0.15) is 11.6 Å². The number of benzene rings is 2. The quantitative estimate of drug-likeness (QED) is 0.358. The lowest BCUT2D eigenvalue weighted by atomic mass is 10.1. The maximum absolute atomic E-state index is 11.8. The maximum atomic E-state index is 11.8. The monoisotopic (exact) mass is 279 g/mol. The van der Waals surface area contributed by atoms with E-state index in [9.17, 15) is 4.79 Å². The Morgan fingerprint density at radius 1 is 1.24 bits per heavy atom.